The number of hydrogen-bond donors (Lipinski definition) is 2. The minimum atomic E-state index is -0.862. The highest BCUT2D eigenvalue weighted by Gasteiger charge is 2.35. The Labute approximate surface area is 99.4 Å². The van der Waals surface area contributed by atoms with Gasteiger partial charge < -0.3 is 5.11 Å². The highest BCUT2D eigenvalue weighted by molar-refractivity contribution is 6.30. The lowest BCUT2D eigenvalue weighted by Gasteiger charge is -2.36. The fraction of sp³-hybridized carbons (Fsp3) is 0.417. The molecule has 4 heteroatoms. The maximum Gasteiger partial charge on any atom is 0.325 e. The molecule has 0 fully saturated rings. The number of halogens is 1. The highest BCUT2D eigenvalue weighted by atomic mass is 35.5. The molecule has 2 rings (SSSR count). The van der Waals surface area contributed by atoms with Crippen molar-refractivity contribution in [3.8, 4) is 0 Å². The number of carbonyl (C=O) groups is 1. The number of rotatable bonds is 1. The zero-order valence-corrected chi connectivity index (χ0v) is 10.0. The minimum absolute atomic E-state index is 0.0636. The zero-order valence-electron chi connectivity index (χ0n) is 9.25. The van der Waals surface area contributed by atoms with E-state index < -0.39 is 12.0 Å². The van der Waals surface area contributed by atoms with Gasteiger partial charge in [0.25, 0.3) is 0 Å². The molecule has 1 heterocycles. The predicted molar refractivity (Wildman–Crippen MR) is 62.9 cm³/mol. The Balaban J connectivity index is 2.58. The molecule has 0 bridgehead atoms. The van der Waals surface area contributed by atoms with Crippen LogP contribution in [0.25, 0.3) is 0 Å². The summed E-state index contributed by atoms with van der Waals surface area (Å²) in [5.74, 6) is -0.862. The topological polar surface area (TPSA) is 49.3 Å². The van der Waals surface area contributed by atoms with Crippen molar-refractivity contribution in [2.24, 2.45) is 0 Å². The number of carboxylic acids is 1. The van der Waals surface area contributed by atoms with Gasteiger partial charge in [0.15, 0.2) is 0 Å². The first-order valence-corrected chi connectivity index (χ1v) is 5.56. The summed E-state index contributed by atoms with van der Waals surface area (Å²) in [5.41, 5.74) is 1.77. The van der Waals surface area contributed by atoms with Crippen LogP contribution in [0.4, 0.5) is 0 Å². The van der Waals surface area contributed by atoms with Crippen molar-refractivity contribution >= 4 is 17.6 Å². The predicted octanol–water partition coefficient (Wildman–Crippen LogP) is 2.35. The van der Waals surface area contributed by atoms with Crippen LogP contribution in [-0.4, -0.2) is 17.6 Å². The molecular weight excluding hydrogens is 226 g/mol. The van der Waals surface area contributed by atoms with Crippen LogP contribution in [-0.2, 0) is 10.2 Å². The first kappa shape index (κ1) is 11.4. The maximum atomic E-state index is 11.1. The molecule has 16 heavy (non-hydrogen) atoms. The molecule has 0 spiro atoms. The second-order valence-electron chi connectivity index (χ2n) is 4.77. The number of fused-ring (bicyclic) bond motifs is 1. The van der Waals surface area contributed by atoms with Crippen molar-refractivity contribution in [3.63, 3.8) is 0 Å². The molecule has 0 aliphatic carbocycles. The lowest BCUT2D eigenvalue weighted by atomic mass is 9.77. The van der Waals surface area contributed by atoms with Crippen LogP contribution in [0, 0.1) is 0 Å². The molecule has 0 radical (unpaired) electrons. The molecule has 0 saturated carbocycles. The van der Waals surface area contributed by atoms with Gasteiger partial charge >= 0.3 is 5.97 Å². The van der Waals surface area contributed by atoms with Gasteiger partial charge in [-0.15, -0.1) is 0 Å². The highest BCUT2D eigenvalue weighted by Crippen LogP contribution is 2.35. The second kappa shape index (κ2) is 3.75. The average Bonchev–Trinajstić information content (AvgIpc) is 2.16. The molecule has 1 aliphatic rings. The third-order valence-corrected chi connectivity index (χ3v) is 3.28. The smallest absolute Gasteiger partial charge is 0.325 e. The molecule has 0 saturated heterocycles. The van der Waals surface area contributed by atoms with Crippen LogP contribution in [0.3, 0.4) is 0 Å². The van der Waals surface area contributed by atoms with Crippen LogP contribution < -0.4 is 5.32 Å². The zero-order chi connectivity index (χ0) is 11.9. The fourth-order valence-electron chi connectivity index (χ4n) is 2.17. The Morgan fingerprint density at radius 2 is 2.25 bits per heavy atom. The lowest BCUT2D eigenvalue weighted by Crippen LogP contribution is -2.44. The number of benzene rings is 1. The first-order chi connectivity index (χ1) is 7.42. The minimum Gasteiger partial charge on any atom is -0.480 e. The van der Waals surface area contributed by atoms with Gasteiger partial charge in [-0.2, -0.15) is 0 Å². The van der Waals surface area contributed by atoms with Crippen LogP contribution in [0.2, 0.25) is 5.02 Å². The fourth-order valence-corrected chi connectivity index (χ4v) is 2.35. The van der Waals surface area contributed by atoms with Crippen molar-refractivity contribution in [2.45, 2.75) is 25.3 Å². The van der Waals surface area contributed by atoms with Gasteiger partial charge in [0.05, 0.1) is 0 Å². The summed E-state index contributed by atoms with van der Waals surface area (Å²) < 4.78 is 0. The molecule has 86 valence electrons. The normalized spacial score (nSPS) is 22.6. The van der Waals surface area contributed by atoms with Crippen molar-refractivity contribution in [2.75, 3.05) is 6.54 Å². The molecular formula is C12H14ClNO2. The van der Waals surface area contributed by atoms with E-state index >= 15 is 0 Å². The Bertz CT molecular complexity index is 443. The van der Waals surface area contributed by atoms with Crippen LogP contribution >= 0.6 is 11.6 Å². The number of aliphatic carboxylic acids is 1. The Hall–Kier alpha value is -1.06. The average molecular weight is 240 g/mol. The number of hydrogen-bond acceptors (Lipinski definition) is 2. The summed E-state index contributed by atoms with van der Waals surface area (Å²) >= 11 is 5.92. The summed E-state index contributed by atoms with van der Waals surface area (Å²) in [4.78, 5) is 11.1. The van der Waals surface area contributed by atoms with E-state index in [0.29, 0.717) is 11.6 Å². The van der Waals surface area contributed by atoms with E-state index in [2.05, 4.69) is 19.2 Å². The van der Waals surface area contributed by atoms with E-state index in [9.17, 15) is 4.79 Å². The molecule has 1 unspecified atom stereocenters. The van der Waals surface area contributed by atoms with Crippen molar-refractivity contribution in [3.05, 3.63) is 34.3 Å². The van der Waals surface area contributed by atoms with Crippen molar-refractivity contribution < 1.29 is 9.90 Å². The maximum absolute atomic E-state index is 11.1. The summed E-state index contributed by atoms with van der Waals surface area (Å²) in [7, 11) is 0. The van der Waals surface area contributed by atoms with Crippen LogP contribution in [0.1, 0.15) is 31.0 Å². The number of nitrogens with one attached hydrogen (secondary N) is 1. The molecule has 0 amide bonds. The van der Waals surface area contributed by atoms with Crippen molar-refractivity contribution in [1.29, 1.82) is 0 Å². The third kappa shape index (κ3) is 1.81. The Morgan fingerprint density at radius 3 is 2.88 bits per heavy atom. The van der Waals surface area contributed by atoms with Gasteiger partial charge in [0, 0.05) is 17.0 Å². The SMILES string of the molecule is CC1(C)CNC(C(=O)O)c2cc(Cl)ccc21. The van der Waals surface area contributed by atoms with E-state index in [-0.39, 0.29) is 5.41 Å². The molecule has 1 aromatic rings. The molecule has 1 atom stereocenters. The number of carboxylic acid groups (broad SMARTS) is 1. The summed E-state index contributed by atoms with van der Waals surface area (Å²) in [6.07, 6.45) is 0. The lowest BCUT2D eigenvalue weighted by molar-refractivity contribution is -0.140. The molecule has 1 aromatic carbocycles. The van der Waals surface area contributed by atoms with Crippen LogP contribution in [0.15, 0.2) is 18.2 Å². The van der Waals surface area contributed by atoms with Gasteiger partial charge in [0.1, 0.15) is 6.04 Å². The third-order valence-electron chi connectivity index (χ3n) is 3.05. The van der Waals surface area contributed by atoms with E-state index in [1.54, 1.807) is 6.07 Å². The Kier molecular flexibility index (Phi) is 2.68. The summed E-state index contributed by atoms with van der Waals surface area (Å²) in [5, 5.41) is 12.7. The van der Waals surface area contributed by atoms with Gasteiger partial charge in [0.2, 0.25) is 0 Å². The quantitative estimate of drug-likeness (QED) is 0.791. The second-order valence-corrected chi connectivity index (χ2v) is 5.20. The van der Waals surface area contributed by atoms with E-state index in [1.165, 1.54) is 0 Å². The first-order valence-electron chi connectivity index (χ1n) is 5.18. The van der Waals surface area contributed by atoms with Crippen LogP contribution in [0.5, 0.6) is 0 Å². The summed E-state index contributed by atoms with van der Waals surface area (Å²) in [6, 6.07) is 4.83. The summed E-state index contributed by atoms with van der Waals surface area (Å²) in [6.45, 7) is 4.83. The van der Waals surface area contributed by atoms with Gasteiger partial charge in [-0.3, -0.25) is 10.1 Å². The van der Waals surface area contributed by atoms with E-state index in [4.69, 9.17) is 16.7 Å². The van der Waals surface area contributed by atoms with Crippen molar-refractivity contribution in [1.82, 2.24) is 5.32 Å². The molecule has 1 aliphatic heterocycles. The van der Waals surface area contributed by atoms with Gasteiger partial charge in [-0.25, -0.2) is 0 Å². The monoisotopic (exact) mass is 239 g/mol. The van der Waals surface area contributed by atoms with Gasteiger partial charge in [-0.05, 0) is 23.3 Å². The Morgan fingerprint density at radius 1 is 1.56 bits per heavy atom. The largest absolute Gasteiger partial charge is 0.480 e. The van der Waals surface area contributed by atoms with E-state index in [0.717, 1.165) is 11.1 Å². The molecule has 2 N–H and O–H groups in total. The molecule has 3 nitrogen and oxygen atoms in total. The van der Waals surface area contributed by atoms with E-state index in [1.807, 2.05) is 12.1 Å². The standard InChI is InChI=1S/C12H14ClNO2/c1-12(2)6-14-10(11(15)16)8-5-7(13)3-4-9(8)12/h3-5,10,14H,6H2,1-2H3,(H,15,16). The van der Waals surface area contributed by atoms with Gasteiger partial charge in [-0.1, -0.05) is 31.5 Å². The molecule has 0 aromatic heterocycles.